The van der Waals surface area contributed by atoms with Crippen LogP contribution in [0.1, 0.15) is 23.1 Å². The van der Waals surface area contributed by atoms with E-state index in [0.29, 0.717) is 6.04 Å². The van der Waals surface area contributed by atoms with E-state index in [2.05, 4.69) is 50.2 Å². The van der Waals surface area contributed by atoms with Gasteiger partial charge in [-0.1, -0.05) is 6.07 Å². The Morgan fingerprint density at radius 2 is 2.05 bits per heavy atom. The fraction of sp³-hybridized carbons (Fsp3) is 0.625. The van der Waals surface area contributed by atoms with Crippen LogP contribution in [0.5, 0.6) is 0 Å². The van der Waals surface area contributed by atoms with Crippen molar-refractivity contribution in [3.63, 3.8) is 0 Å². The van der Waals surface area contributed by atoms with E-state index < -0.39 is 0 Å². The van der Waals surface area contributed by atoms with Gasteiger partial charge in [0.2, 0.25) is 0 Å². The molecule has 1 N–H and O–H groups in total. The van der Waals surface area contributed by atoms with Crippen molar-refractivity contribution < 1.29 is 4.74 Å². The molecule has 0 aliphatic carbocycles. The van der Waals surface area contributed by atoms with Crippen LogP contribution in [0.15, 0.2) is 12.1 Å². The second-order valence-electron chi connectivity index (χ2n) is 5.59. The van der Waals surface area contributed by atoms with Crippen molar-refractivity contribution >= 4 is 5.69 Å². The minimum absolute atomic E-state index is 0.503. The molecule has 3 nitrogen and oxygen atoms in total. The molecule has 106 valence electrons. The van der Waals surface area contributed by atoms with E-state index in [0.717, 1.165) is 32.7 Å². The summed E-state index contributed by atoms with van der Waals surface area (Å²) in [6.07, 6.45) is 1.13. The first-order valence-corrected chi connectivity index (χ1v) is 7.18. The van der Waals surface area contributed by atoms with Crippen LogP contribution in [0.4, 0.5) is 5.69 Å². The molecule has 0 amide bonds. The molecule has 0 radical (unpaired) electrons. The Kier molecular flexibility index (Phi) is 4.83. The molecule has 19 heavy (non-hydrogen) atoms. The Labute approximate surface area is 116 Å². The molecule has 1 fully saturated rings. The summed E-state index contributed by atoms with van der Waals surface area (Å²) in [5.41, 5.74) is 5.52. The quantitative estimate of drug-likeness (QED) is 0.902. The zero-order valence-corrected chi connectivity index (χ0v) is 12.6. The van der Waals surface area contributed by atoms with Crippen molar-refractivity contribution in [2.75, 3.05) is 38.3 Å². The van der Waals surface area contributed by atoms with Crippen LogP contribution in [0.25, 0.3) is 0 Å². The minimum Gasteiger partial charge on any atom is -0.379 e. The SMILES string of the molecule is Cc1ccc(N(C)CCC2COCCN2)c(C)c1C. The maximum absolute atomic E-state index is 5.50. The second kappa shape index (κ2) is 6.40. The van der Waals surface area contributed by atoms with Crippen molar-refractivity contribution in [1.82, 2.24) is 5.32 Å². The smallest absolute Gasteiger partial charge is 0.0620 e. The Hall–Kier alpha value is -1.06. The lowest BCUT2D eigenvalue weighted by Gasteiger charge is -2.28. The Balaban J connectivity index is 1.95. The van der Waals surface area contributed by atoms with Gasteiger partial charge in [-0.15, -0.1) is 0 Å². The molecule has 1 aliphatic heterocycles. The first-order valence-electron chi connectivity index (χ1n) is 7.18. The Morgan fingerprint density at radius 1 is 1.26 bits per heavy atom. The Morgan fingerprint density at radius 3 is 2.74 bits per heavy atom. The van der Waals surface area contributed by atoms with Crippen molar-refractivity contribution in [3.8, 4) is 0 Å². The van der Waals surface area contributed by atoms with E-state index in [4.69, 9.17) is 4.74 Å². The largest absolute Gasteiger partial charge is 0.379 e. The van der Waals surface area contributed by atoms with E-state index in [1.165, 1.54) is 22.4 Å². The van der Waals surface area contributed by atoms with Gasteiger partial charge in [-0.2, -0.15) is 0 Å². The van der Waals surface area contributed by atoms with Gasteiger partial charge in [0.25, 0.3) is 0 Å². The van der Waals surface area contributed by atoms with Gasteiger partial charge in [0.1, 0.15) is 0 Å². The molecule has 1 saturated heterocycles. The molecular formula is C16H26N2O. The lowest BCUT2D eigenvalue weighted by Crippen LogP contribution is -2.43. The fourth-order valence-electron chi connectivity index (χ4n) is 2.63. The van der Waals surface area contributed by atoms with Crippen LogP contribution in [-0.4, -0.2) is 39.4 Å². The summed E-state index contributed by atoms with van der Waals surface area (Å²) >= 11 is 0. The van der Waals surface area contributed by atoms with Crippen LogP contribution in [0.3, 0.4) is 0 Å². The molecule has 1 heterocycles. The lowest BCUT2D eigenvalue weighted by atomic mass is 10.0. The molecule has 1 unspecified atom stereocenters. The number of aryl methyl sites for hydroxylation is 1. The van der Waals surface area contributed by atoms with Gasteiger partial charge >= 0.3 is 0 Å². The molecule has 2 rings (SSSR count). The molecule has 1 aromatic carbocycles. The maximum Gasteiger partial charge on any atom is 0.0620 e. The third kappa shape index (κ3) is 3.48. The number of nitrogens with zero attached hydrogens (tertiary/aromatic N) is 1. The van der Waals surface area contributed by atoms with E-state index in [9.17, 15) is 0 Å². The number of benzene rings is 1. The second-order valence-corrected chi connectivity index (χ2v) is 5.59. The molecule has 0 spiro atoms. The van der Waals surface area contributed by atoms with Crippen molar-refractivity contribution in [3.05, 3.63) is 28.8 Å². The summed E-state index contributed by atoms with van der Waals surface area (Å²) in [6, 6.07) is 4.96. The number of hydrogen-bond donors (Lipinski definition) is 1. The first-order chi connectivity index (χ1) is 9.09. The summed E-state index contributed by atoms with van der Waals surface area (Å²) in [5, 5.41) is 3.51. The molecular weight excluding hydrogens is 236 g/mol. The third-order valence-corrected chi connectivity index (χ3v) is 4.25. The van der Waals surface area contributed by atoms with Gasteiger partial charge in [-0.05, 0) is 49.9 Å². The lowest BCUT2D eigenvalue weighted by molar-refractivity contribution is 0.0749. The zero-order chi connectivity index (χ0) is 13.8. The van der Waals surface area contributed by atoms with Gasteiger partial charge in [0.05, 0.1) is 13.2 Å². The number of morpholine rings is 1. The number of nitrogens with one attached hydrogen (secondary N) is 1. The fourth-order valence-corrected chi connectivity index (χ4v) is 2.63. The maximum atomic E-state index is 5.50. The predicted octanol–water partition coefficient (Wildman–Crippen LogP) is 2.43. The van der Waals surface area contributed by atoms with Gasteiger partial charge in [-0.3, -0.25) is 0 Å². The molecule has 1 aliphatic rings. The van der Waals surface area contributed by atoms with Crippen LogP contribution < -0.4 is 10.2 Å². The number of anilines is 1. The standard InChI is InChI=1S/C16H26N2O/c1-12-5-6-16(14(3)13(12)2)18(4)9-7-15-11-19-10-8-17-15/h5-6,15,17H,7-11H2,1-4H3. The summed E-state index contributed by atoms with van der Waals surface area (Å²) in [6.45, 7) is 10.3. The monoisotopic (exact) mass is 262 g/mol. The zero-order valence-electron chi connectivity index (χ0n) is 12.6. The van der Waals surface area contributed by atoms with E-state index >= 15 is 0 Å². The van der Waals surface area contributed by atoms with Gasteiger partial charge in [0, 0.05) is 31.9 Å². The molecule has 1 aromatic rings. The third-order valence-electron chi connectivity index (χ3n) is 4.25. The highest BCUT2D eigenvalue weighted by Gasteiger charge is 2.14. The number of hydrogen-bond acceptors (Lipinski definition) is 3. The van der Waals surface area contributed by atoms with Crippen molar-refractivity contribution in [2.45, 2.75) is 33.2 Å². The van der Waals surface area contributed by atoms with Crippen LogP contribution in [0, 0.1) is 20.8 Å². The summed E-state index contributed by atoms with van der Waals surface area (Å²) < 4.78 is 5.50. The number of rotatable bonds is 4. The van der Waals surface area contributed by atoms with Gasteiger partial charge in [-0.25, -0.2) is 0 Å². The minimum atomic E-state index is 0.503. The van der Waals surface area contributed by atoms with E-state index in [-0.39, 0.29) is 0 Å². The molecule has 1 atom stereocenters. The van der Waals surface area contributed by atoms with Gasteiger partial charge in [0.15, 0.2) is 0 Å². The van der Waals surface area contributed by atoms with Crippen LogP contribution >= 0.6 is 0 Å². The Bertz CT molecular complexity index is 425. The molecule has 0 bridgehead atoms. The number of ether oxygens (including phenoxy) is 1. The summed E-state index contributed by atoms with van der Waals surface area (Å²) in [4.78, 5) is 2.36. The van der Waals surface area contributed by atoms with E-state index in [1.54, 1.807) is 0 Å². The normalized spacial score (nSPS) is 19.5. The van der Waals surface area contributed by atoms with Crippen LogP contribution in [-0.2, 0) is 4.74 Å². The highest BCUT2D eigenvalue weighted by molar-refractivity contribution is 5.57. The topological polar surface area (TPSA) is 24.5 Å². The van der Waals surface area contributed by atoms with Crippen molar-refractivity contribution in [2.24, 2.45) is 0 Å². The average molecular weight is 262 g/mol. The molecule has 3 heteroatoms. The van der Waals surface area contributed by atoms with E-state index in [1.807, 2.05) is 0 Å². The predicted molar refractivity (Wildman–Crippen MR) is 81.1 cm³/mol. The highest BCUT2D eigenvalue weighted by atomic mass is 16.5. The molecule has 0 aromatic heterocycles. The molecule has 0 saturated carbocycles. The summed E-state index contributed by atoms with van der Waals surface area (Å²) in [7, 11) is 2.18. The first kappa shape index (κ1) is 14.4. The van der Waals surface area contributed by atoms with Crippen molar-refractivity contribution in [1.29, 1.82) is 0 Å². The summed E-state index contributed by atoms with van der Waals surface area (Å²) in [5.74, 6) is 0. The van der Waals surface area contributed by atoms with Gasteiger partial charge < -0.3 is 15.0 Å². The average Bonchev–Trinajstić information content (AvgIpc) is 2.43. The highest BCUT2D eigenvalue weighted by Crippen LogP contribution is 2.24. The van der Waals surface area contributed by atoms with Crippen LogP contribution in [0.2, 0.25) is 0 Å².